The predicted molar refractivity (Wildman–Crippen MR) is 66.0 cm³/mol. The Hall–Kier alpha value is -0.300. The van der Waals surface area contributed by atoms with E-state index in [1.807, 2.05) is 0 Å². The minimum absolute atomic E-state index is 0.386. The van der Waals surface area contributed by atoms with E-state index in [9.17, 15) is 0 Å². The summed E-state index contributed by atoms with van der Waals surface area (Å²) in [5, 5.41) is 0. The van der Waals surface area contributed by atoms with Crippen LogP contribution in [-0.2, 0) is 4.74 Å². The fourth-order valence-electron chi connectivity index (χ4n) is 2.20. The van der Waals surface area contributed by atoms with Gasteiger partial charge in [-0.2, -0.15) is 0 Å². The van der Waals surface area contributed by atoms with Gasteiger partial charge in [-0.15, -0.1) is 0 Å². The van der Waals surface area contributed by atoms with Crippen LogP contribution in [0.5, 0.6) is 0 Å². The summed E-state index contributed by atoms with van der Waals surface area (Å²) in [4.78, 5) is 0. The lowest BCUT2D eigenvalue weighted by Crippen LogP contribution is -2.24. The summed E-state index contributed by atoms with van der Waals surface area (Å²) in [6.07, 6.45) is 10.5. The van der Waals surface area contributed by atoms with Crippen molar-refractivity contribution in [2.24, 2.45) is 5.92 Å². The zero-order valence-corrected chi connectivity index (χ0v) is 10.6. The van der Waals surface area contributed by atoms with E-state index < -0.39 is 0 Å². The molecule has 15 heavy (non-hydrogen) atoms. The Morgan fingerprint density at radius 1 is 1.33 bits per heavy atom. The van der Waals surface area contributed by atoms with Crippen LogP contribution in [0.1, 0.15) is 59.3 Å². The molecule has 0 aromatic rings. The molecule has 0 aromatic carbocycles. The van der Waals surface area contributed by atoms with E-state index in [2.05, 4.69) is 26.8 Å². The molecule has 1 heteroatoms. The molecular formula is C14H26O. The summed E-state index contributed by atoms with van der Waals surface area (Å²) >= 11 is 0. The van der Waals surface area contributed by atoms with Gasteiger partial charge in [-0.05, 0) is 43.6 Å². The normalized spacial score (nSPS) is 19.1. The fraction of sp³-hybridized carbons (Fsp3) is 0.857. The van der Waals surface area contributed by atoms with Crippen molar-refractivity contribution in [2.45, 2.75) is 65.4 Å². The average Bonchev–Trinajstić information content (AvgIpc) is 2.25. The lowest BCUT2D eigenvalue weighted by molar-refractivity contribution is 0.0423. The van der Waals surface area contributed by atoms with Crippen molar-refractivity contribution in [3.63, 3.8) is 0 Å². The van der Waals surface area contributed by atoms with Crippen LogP contribution in [-0.4, -0.2) is 12.7 Å². The van der Waals surface area contributed by atoms with Gasteiger partial charge < -0.3 is 4.74 Å². The van der Waals surface area contributed by atoms with Crippen molar-refractivity contribution in [2.75, 3.05) is 6.61 Å². The van der Waals surface area contributed by atoms with Crippen LogP contribution in [0.15, 0.2) is 11.6 Å². The van der Waals surface area contributed by atoms with Crippen molar-refractivity contribution >= 4 is 0 Å². The first-order chi connectivity index (χ1) is 7.25. The number of hydrogen-bond donors (Lipinski definition) is 0. The van der Waals surface area contributed by atoms with Gasteiger partial charge in [0.25, 0.3) is 0 Å². The number of hydrogen-bond acceptors (Lipinski definition) is 1. The molecule has 0 N–H and O–H groups in total. The first-order valence-corrected chi connectivity index (χ1v) is 6.56. The maximum absolute atomic E-state index is 6.02. The first kappa shape index (κ1) is 12.8. The second-order valence-corrected chi connectivity index (χ2v) is 4.91. The second-order valence-electron chi connectivity index (χ2n) is 4.91. The van der Waals surface area contributed by atoms with Gasteiger partial charge in [0.1, 0.15) is 0 Å². The molecule has 0 aromatic heterocycles. The topological polar surface area (TPSA) is 9.23 Å². The monoisotopic (exact) mass is 210 g/mol. The smallest absolute Gasteiger partial charge is 0.0807 e. The van der Waals surface area contributed by atoms with Crippen LogP contribution in [0.4, 0.5) is 0 Å². The molecule has 1 atom stereocenters. The highest BCUT2D eigenvalue weighted by Gasteiger charge is 2.19. The van der Waals surface area contributed by atoms with E-state index in [-0.39, 0.29) is 0 Å². The number of allylic oxidation sites excluding steroid dienone is 1. The molecule has 0 fully saturated rings. The molecule has 1 aliphatic rings. The van der Waals surface area contributed by atoms with Crippen LogP contribution < -0.4 is 0 Å². The van der Waals surface area contributed by atoms with Gasteiger partial charge in [0.15, 0.2) is 0 Å². The number of unbranched alkanes of at least 4 members (excludes halogenated alkanes) is 1. The number of rotatable bonds is 6. The molecule has 0 amide bonds. The molecule has 1 rings (SSSR count). The molecule has 1 aliphatic carbocycles. The van der Waals surface area contributed by atoms with Crippen LogP contribution in [0, 0.1) is 5.92 Å². The van der Waals surface area contributed by atoms with Crippen LogP contribution >= 0.6 is 0 Å². The van der Waals surface area contributed by atoms with E-state index in [0.29, 0.717) is 12.0 Å². The molecule has 0 radical (unpaired) electrons. The van der Waals surface area contributed by atoms with Gasteiger partial charge in [0.2, 0.25) is 0 Å². The largest absolute Gasteiger partial charge is 0.374 e. The van der Waals surface area contributed by atoms with E-state index in [1.165, 1.54) is 38.5 Å². The SMILES string of the molecule is CCCCO[C@H](C1=CCCCC1)C(C)C. The van der Waals surface area contributed by atoms with Crippen LogP contribution in [0.2, 0.25) is 0 Å². The summed E-state index contributed by atoms with van der Waals surface area (Å²) in [6, 6.07) is 0. The quantitative estimate of drug-likeness (QED) is 0.468. The third kappa shape index (κ3) is 4.38. The van der Waals surface area contributed by atoms with Crippen molar-refractivity contribution in [1.82, 2.24) is 0 Å². The third-order valence-corrected chi connectivity index (χ3v) is 3.09. The fourth-order valence-corrected chi connectivity index (χ4v) is 2.20. The summed E-state index contributed by atoms with van der Waals surface area (Å²) in [5.41, 5.74) is 1.56. The zero-order chi connectivity index (χ0) is 11.1. The summed E-state index contributed by atoms with van der Waals surface area (Å²) < 4.78 is 6.02. The van der Waals surface area contributed by atoms with E-state index in [1.54, 1.807) is 5.57 Å². The molecule has 0 saturated heterocycles. The van der Waals surface area contributed by atoms with Gasteiger partial charge in [0, 0.05) is 6.61 Å². The van der Waals surface area contributed by atoms with Crippen molar-refractivity contribution in [1.29, 1.82) is 0 Å². The van der Waals surface area contributed by atoms with Gasteiger partial charge in [0.05, 0.1) is 6.10 Å². The van der Waals surface area contributed by atoms with Crippen molar-refractivity contribution in [3.8, 4) is 0 Å². The first-order valence-electron chi connectivity index (χ1n) is 6.56. The van der Waals surface area contributed by atoms with Crippen molar-refractivity contribution < 1.29 is 4.74 Å². The van der Waals surface area contributed by atoms with Gasteiger partial charge in [-0.1, -0.05) is 33.3 Å². The van der Waals surface area contributed by atoms with Gasteiger partial charge in [-0.25, -0.2) is 0 Å². The molecule has 88 valence electrons. The maximum atomic E-state index is 6.02. The van der Waals surface area contributed by atoms with Crippen LogP contribution in [0.25, 0.3) is 0 Å². The zero-order valence-electron chi connectivity index (χ0n) is 10.6. The molecular weight excluding hydrogens is 184 g/mol. The second kappa shape index (κ2) is 7.05. The Bertz CT molecular complexity index is 194. The standard InChI is InChI=1S/C14H26O/c1-4-5-11-15-14(12(2)3)13-9-7-6-8-10-13/h9,12,14H,4-8,10-11H2,1-3H3/t14-/m0/s1. The Labute approximate surface area is 94.9 Å². The van der Waals surface area contributed by atoms with Crippen LogP contribution in [0.3, 0.4) is 0 Å². The Balaban J connectivity index is 2.45. The summed E-state index contributed by atoms with van der Waals surface area (Å²) in [6.45, 7) is 7.68. The highest BCUT2D eigenvalue weighted by Crippen LogP contribution is 2.26. The lowest BCUT2D eigenvalue weighted by Gasteiger charge is -2.26. The molecule has 0 unspecified atom stereocenters. The Morgan fingerprint density at radius 2 is 2.13 bits per heavy atom. The minimum Gasteiger partial charge on any atom is -0.374 e. The minimum atomic E-state index is 0.386. The van der Waals surface area contributed by atoms with Crippen molar-refractivity contribution in [3.05, 3.63) is 11.6 Å². The molecule has 0 spiro atoms. The molecule has 0 heterocycles. The molecule has 0 aliphatic heterocycles. The van der Waals surface area contributed by atoms with Gasteiger partial charge in [-0.3, -0.25) is 0 Å². The predicted octanol–water partition coefficient (Wildman–Crippen LogP) is 4.33. The summed E-state index contributed by atoms with van der Waals surface area (Å²) in [7, 11) is 0. The van der Waals surface area contributed by atoms with E-state index in [0.717, 1.165) is 6.61 Å². The van der Waals surface area contributed by atoms with E-state index in [4.69, 9.17) is 4.74 Å². The molecule has 0 bridgehead atoms. The third-order valence-electron chi connectivity index (χ3n) is 3.09. The van der Waals surface area contributed by atoms with Gasteiger partial charge >= 0.3 is 0 Å². The lowest BCUT2D eigenvalue weighted by atomic mass is 9.90. The summed E-state index contributed by atoms with van der Waals surface area (Å²) in [5.74, 6) is 0.617. The van der Waals surface area contributed by atoms with E-state index >= 15 is 0 Å². The highest BCUT2D eigenvalue weighted by atomic mass is 16.5. The molecule has 0 saturated carbocycles. The highest BCUT2D eigenvalue weighted by molar-refractivity contribution is 5.11. The maximum Gasteiger partial charge on any atom is 0.0807 e. The molecule has 1 nitrogen and oxygen atoms in total. The Morgan fingerprint density at radius 3 is 2.67 bits per heavy atom. The average molecular weight is 210 g/mol. The Kier molecular flexibility index (Phi) is 6.00. The number of ether oxygens (including phenoxy) is 1.